The topological polar surface area (TPSA) is 26.3 Å². The van der Waals surface area contributed by atoms with Gasteiger partial charge in [-0.15, -0.1) is 0 Å². The van der Waals surface area contributed by atoms with Crippen molar-refractivity contribution in [3.8, 4) is 5.75 Å². The summed E-state index contributed by atoms with van der Waals surface area (Å²) in [6.45, 7) is 0. The molecule has 0 bridgehead atoms. The van der Waals surface area contributed by atoms with Gasteiger partial charge in [-0.1, -0.05) is 60.7 Å². The first-order valence-corrected chi connectivity index (χ1v) is 21.2. The fraction of sp³-hybridized carbons (Fsp3) is 0.279. The predicted molar refractivity (Wildman–Crippen MR) is 211 cm³/mol. The molecule has 388 valence electrons. The van der Waals surface area contributed by atoms with Crippen molar-refractivity contribution >= 4 is 44.7 Å². The first-order valence-electron chi connectivity index (χ1n) is 19.0. The van der Waals surface area contributed by atoms with Gasteiger partial charge in [0.15, 0.2) is 5.75 Å². The van der Waals surface area contributed by atoms with E-state index in [9.17, 15) is 110 Å². The third-order valence-corrected chi connectivity index (χ3v) is 11.1. The van der Waals surface area contributed by atoms with Crippen molar-refractivity contribution < 1.29 is 115 Å². The number of alkyl halides is 24. The van der Waals surface area contributed by atoms with Crippen molar-refractivity contribution in [2.45, 2.75) is 49.4 Å². The van der Waals surface area contributed by atoms with Crippen LogP contribution in [0, 0.1) is 0 Å². The molecule has 0 aromatic heterocycles. The maximum absolute atomic E-state index is 14.2. The van der Waals surface area contributed by atoms with Crippen LogP contribution in [0.25, 0.3) is 0 Å². The third-order valence-electron chi connectivity index (χ3n) is 10.3. The molecule has 0 amide bonds. The standard InChI is InChI=1S/C32H12BF24.C11H15O2S/c34-25(35,36)13-1-14(26(37,38)39)6-21(5-13)33(22-7-15(27(40,41)42)2-16(8-22)28(43,44)45,23-9-17(29(46,47)48)3-18(10-23)30(49,50)51)24-11-19(31(52,53)54)4-20(12-24)32(55,56)57;1-13-11-7-5-4-6-9(11)10(12)8-14(2)3/h1-12H;4-7H,8H2,1-3H3/q-1;+1. The van der Waals surface area contributed by atoms with E-state index in [1.165, 1.54) is 0 Å². The molecule has 2 nitrogen and oxygen atoms in total. The highest BCUT2D eigenvalue weighted by molar-refractivity contribution is 7.96. The van der Waals surface area contributed by atoms with Gasteiger partial charge in [-0.25, -0.2) is 0 Å². The van der Waals surface area contributed by atoms with E-state index in [2.05, 4.69) is 12.5 Å². The maximum Gasteiger partial charge on any atom is 0.416 e. The zero-order chi connectivity index (χ0) is 54.5. The number of hydrogen-bond acceptors (Lipinski definition) is 2. The molecular formula is C43H27BF24O2S. The highest BCUT2D eigenvalue weighted by Gasteiger charge is 2.47. The lowest BCUT2D eigenvalue weighted by atomic mass is 9.12. The minimum Gasteiger partial charge on any atom is -0.496 e. The summed E-state index contributed by atoms with van der Waals surface area (Å²) in [4.78, 5) is 11.8. The molecule has 5 aromatic rings. The molecule has 0 heterocycles. The zero-order valence-corrected chi connectivity index (χ0v) is 36.1. The number of Topliss-reactive ketones (excluding diaryl/α,β-unsaturated/α-hetero) is 1. The monoisotopic (exact) mass is 1070 g/mol. The largest absolute Gasteiger partial charge is 0.496 e. The smallest absolute Gasteiger partial charge is 0.416 e. The predicted octanol–water partition coefficient (Wildman–Crippen LogP) is 13.0. The molecule has 5 rings (SSSR count). The quantitative estimate of drug-likeness (QED) is 0.0670. The minimum atomic E-state index is -6.13. The van der Waals surface area contributed by atoms with E-state index in [-0.39, 0.29) is 16.7 Å². The number of methoxy groups -OCH3 is 1. The molecule has 0 unspecified atom stereocenters. The highest BCUT2D eigenvalue weighted by atomic mass is 32.2. The van der Waals surface area contributed by atoms with Crippen LogP contribution in [0.4, 0.5) is 105 Å². The molecule has 0 aliphatic heterocycles. The molecule has 0 saturated carbocycles. The van der Waals surface area contributed by atoms with Crippen LogP contribution in [-0.2, 0) is 60.3 Å². The van der Waals surface area contributed by atoms with Gasteiger partial charge in [-0.2, -0.15) is 127 Å². The molecule has 0 fully saturated rings. The normalized spacial score (nSPS) is 13.5. The zero-order valence-electron chi connectivity index (χ0n) is 35.3. The summed E-state index contributed by atoms with van der Waals surface area (Å²) >= 11 is 0. The van der Waals surface area contributed by atoms with Crippen LogP contribution in [0.2, 0.25) is 0 Å². The number of ether oxygens (including phenoxy) is 1. The Bertz CT molecular complexity index is 2280. The molecule has 0 N–H and O–H groups in total. The van der Waals surface area contributed by atoms with E-state index in [0.29, 0.717) is 17.1 Å². The van der Waals surface area contributed by atoms with Gasteiger partial charge < -0.3 is 4.74 Å². The lowest BCUT2D eigenvalue weighted by Crippen LogP contribution is -2.75. The number of para-hydroxylation sites is 1. The Morgan fingerprint density at radius 2 is 0.606 bits per heavy atom. The van der Waals surface area contributed by atoms with Crippen LogP contribution in [0.1, 0.15) is 54.9 Å². The molecule has 0 atom stereocenters. The number of rotatable bonds is 8. The van der Waals surface area contributed by atoms with Gasteiger partial charge in [-0.3, -0.25) is 4.79 Å². The summed E-state index contributed by atoms with van der Waals surface area (Å²) in [5, 5.41) is 0. The first-order chi connectivity index (χ1) is 31.9. The number of hydrogen-bond donors (Lipinski definition) is 0. The van der Waals surface area contributed by atoms with E-state index in [4.69, 9.17) is 4.74 Å². The Morgan fingerprint density at radius 1 is 0.394 bits per heavy atom. The SMILES string of the molecule is COc1ccccc1C(=O)C[S+](C)C.FC(F)(F)c1cc([B-](c2cc(C(F)(F)F)cc(C(F)(F)F)c2)(c2cc(C(F)(F)F)cc(C(F)(F)F)c2)c2cc(C(F)(F)F)cc(C(F)(F)F)c2)cc(C(F)(F)F)c1. The van der Waals surface area contributed by atoms with E-state index < -0.39 is 195 Å². The second kappa shape index (κ2) is 19.7. The fourth-order valence-corrected chi connectivity index (χ4v) is 7.97. The Balaban J connectivity index is 0.000000671. The molecule has 0 radical (unpaired) electrons. The van der Waals surface area contributed by atoms with E-state index in [1.54, 1.807) is 7.11 Å². The maximum atomic E-state index is 14.2. The summed E-state index contributed by atoms with van der Waals surface area (Å²) in [7, 11) is 1.73. The van der Waals surface area contributed by atoms with Gasteiger partial charge in [0.2, 0.25) is 5.78 Å². The first kappa shape index (κ1) is 57.9. The van der Waals surface area contributed by atoms with Gasteiger partial charge in [0, 0.05) is 0 Å². The van der Waals surface area contributed by atoms with Crippen molar-refractivity contribution in [1.82, 2.24) is 0 Å². The van der Waals surface area contributed by atoms with Gasteiger partial charge in [0.1, 0.15) is 11.9 Å². The molecule has 5 aromatic carbocycles. The summed E-state index contributed by atoms with van der Waals surface area (Å²) in [6.07, 6.45) is -50.7. The lowest BCUT2D eigenvalue weighted by Gasteiger charge is -2.46. The van der Waals surface area contributed by atoms with Crippen molar-refractivity contribution in [2.75, 3.05) is 25.4 Å². The molecule has 0 spiro atoms. The summed E-state index contributed by atoms with van der Waals surface area (Å²) in [6, 6.07) is -1.45. The average molecular weight is 1070 g/mol. The molecular weight excluding hydrogens is 1050 g/mol. The van der Waals surface area contributed by atoms with Crippen molar-refractivity contribution in [2.24, 2.45) is 0 Å². The average Bonchev–Trinajstić information content (AvgIpc) is 3.21. The Kier molecular flexibility index (Phi) is 16.1. The van der Waals surface area contributed by atoms with Gasteiger partial charge >= 0.3 is 49.4 Å². The van der Waals surface area contributed by atoms with Crippen LogP contribution in [0.5, 0.6) is 5.75 Å². The van der Waals surface area contributed by atoms with Crippen molar-refractivity contribution in [1.29, 1.82) is 0 Å². The Hall–Kier alpha value is -5.70. The minimum absolute atomic E-state index is 0.139. The van der Waals surface area contributed by atoms with Crippen LogP contribution in [-0.4, -0.2) is 37.3 Å². The van der Waals surface area contributed by atoms with E-state index in [1.807, 2.05) is 24.3 Å². The lowest BCUT2D eigenvalue weighted by molar-refractivity contribution is -0.144. The molecule has 0 aliphatic rings. The Labute approximate surface area is 386 Å². The van der Waals surface area contributed by atoms with Gasteiger partial charge in [0.05, 0.1) is 69.7 Å². The molecule has 0 aliphatic carbocycles. The molecule has 28 heteroatoms. The summed E-state index contributed by atoms with van der Waals surface area (Å²) in [5.74, 6) is 1.43. The van der Waals surface area contributed by atoms with Gasteiger partial charge in [0.25, 0.3) is 0 Å². The number of carbonyl (C=O) groups is 1. The molecule has 0 saturated heterocycles. The van der Waals surface area contributed by atoms with Crippen LogP contribution in [0.15, 0.2) is 97.1 Å². The van der Waals surface area contributed by atoms with Gasteiger partial charge in [-0.05, 0) is 47.3 Å². The Morgan fingerprint density at radius 3 is 0.789 bits per heavy atom. The highest BCUT2D eigenvalue weighted by Crippen LogP contribution is 2.41. The van der Waals surface area contributed by atoms with Crippen LogP contribution < -0.4 is 26.6 Å². The number of carbonyl (C=O) groups excluding carboxylic acids is 1. The van der Waals surface area contributed by atoms with E-state index >= 15 is 0 Å². The van der Waals surface area contributed by atoms with Crippen molar-refractivity contribution in [3.63, 3.8) is 0 Å². The van der Waals surface area contributed by atoms with E-state index in [0.717, 1.165) is 0 Å². The van der Waals surface area contributed by atoms with Crippen LogP contribution >= 0.6 is 0 Å². The second-order valence-corrected chi connectivity index (χ2v) is 17.7. The second-order valence-electron chi connectivity index (χ2n) is 15.5. The fourth-order valence-electron chi connectivity index (χ4n) is 7.29. The summed E-state index contributed by atoms with van der Waals surface area (Å²) < 4.78 is 346. The number of halogens is 24. The van der Waals surface area contributed by atoms with Crippen LogP contribution in [0.3, 0.4) is 0 Å². The summed E-state index contributed by atoms with van der Waals surface area (Å²) in [5.41, 5.74) is -29.5. The number of benzene rings is 5. The van der Waals surface area contributed by atoms with Crippen molar-refractivity contribution in [3.05, 3.63) is 147 Å². The third kappa shape index (κ3) is 13.6. The molecule has 71 heavy (non-hydrogen) atoms. The number of ketones is 1.